The number of hydrogen-bond acceptors (Lipinski definition) is 2. The Labute approximate surface area is 263 Å². The van der Waals surface area contributed by atoms with Crippen molar-refractivity contribution in [2.75, 3.05) is 4.90 Å². The fourth-order valence-corrected chi connectivity index (χ4v) is 7.01. The topological polar surface area (TPSA) is 21.3 Å². The zero-order valence-electron chi connectivity index (χ0n) is 26.2. The number of benzene rings is 6. The van der Waals surface area contributed by atoms with Crippen molar-refractivity contribution in [3.8, 4) is 11.1 Å². The molecule has 0 N–H and O–H groups in total. The summed E-state index contributed by atoms with van der Waals surface area (Å²) < 4.78 is 9.08. The molecule has 0 bridgehead atoms. The van der Waals surface area contributed by atoms with Crippen LogP contribution >= 0.6 is 0 Å². The first-order chi connectivity index (χ1) is 21.9. The quantitative estimate of drug-likeness (QED) is 0.201. The highest BCUT2D eigenvalue weighted by Crippen LogP contribution is 2.46. The van der Waals surface area contributed by atoms with Gasteiger partial charge in [-0.15, -0.1) is 0 Å². The average Bonchev–Trinajstić information content (AvgIpc) is 3.61. The summed E-state index contributed by atoms with van der Waals surface area (Å²) in [5, 5.41) is 4.80. The third-order valence-electron chi connectivity index (χ3n) is 9.00. The van der Waals surface area contributed by atoms with E-state index in [0.29, 0.717) is 0 Å². The van der Waals surface area contributed by atoms with Gasteiger partial charge in [-0.3, -0.25) is 0 Å². The lowest BCUT2D eigenvalue weighted by atomic mass is 9.99. The normalized spacial score (nSPS) is 12.1. The van der Waals surface area contributed by atoms with Crippen LogP contribution in [0.4, 0.5) is 17.1 Å². The van der Waals surface area contributed by atoms with Crippen LogP contribution in [0.3, 0.4) is 0 Å². The highest BCUT2D eigenvalue weighted by atomic mass is 16.3. The standard InChI is InChI=1S/C42H36N2O/c1-5-28-14-12-15-30(26-28)43(39-22-13-19-34-33-18-8-11-23-40(33)45-41(34)39)36-20-9-6-16-31(36)29-24-25-38-35(27-29)32-17-7-10-21-37(32)44(38)42(2,3)4/h6-27H,5H2,1-4H3. The van der Waals surface area contributed by atoms with Crippen molar-refractivity contribution in [1.29, 1.82) is 0 Å². The molecule has 6 aromatic carbocycles. The molecule has 0 saturated carbocycles. The minimum Gasteiger partial charge on any atom is -0.454 e. The Kier molecular flexibility index (Phi) is 6.32. The highest BCUT2D eigenvalue weighted by molar-refractivity contribution is 6.12. The van der Waals surface area contributed by atoms with E-state index in [0.717, 1.165) is 45.4 Å². The lowest BCUT2D eigenvalue weighted by Gasteiger charge is -2.28. The number of para-hydroxylation sites is 4. The molecule has 0 atom stereocenters. The summed E-state index contributed by atoms with van der Waals surface area (Å²) in [6.07, 6.45) is 0.965. The van der Waals surface area contributed by atoms with Gasteiger partial charge in [0.1, 0.15) is 5.58 Å². The van der Waals surface area contributed by atoms with Crippen molar-refractivity contribution >= 4 is 60.8 Å². The number of aromatic nitrogens is 1. The molecule has 220 valence electrons. The van der Waals surface area contributed by atoms with E-state index in [1.807, 2.05) is 6.07 Å². The van der Waals surface area contributed by atoms with Gasteiger partial charge in [-0.25, -0.2) is 0 Å². The maximum atomic E-state index is 6.61. The largest absolute Gasteiger partial charge is 0.454 e. The number of nitrogens with zero attached hydrogens (tertiary/aromatic N) is 2. The first-order valence-electron chi connectivity index (χ1n) is 15.8. The molecule has 0 fully saturated rings. The molecular formula is C42H36N2O. The lowest BCUT2D eigenvalue weighted by Crippen LogP contribution is -2.21. The van der Waals surface area contributed by atoms with Crippen molar-refractivity contribution < 1.29 is 4.42 Å². The van der Waals surface area contributed by atoms with Gasteiger partial charge in [0.05, 0.1) is 11.4 Å². The van der Waals surface area contributed by atoms with E-state index in [1.54, 1.807) is 0 Å². The average molecular weight is 585 g/mol. The van der Waals surface area contributed by atoms with Crippen LogP contribution in [0, 0.1) is 0 Å². The Hall–Kier alpha value is -5.28. The van der Waals surface area contributed by atoms with Crippen LogP contribution in [0.15, 0.2) is 138 Å². The van der Waals surface area contributed by atoms with Crippen LogP contribution in [0.1, 0.15) is 33.3 Å². The molecule has 45 heavy (non-hydrogen) atoms. The van der Waals surface area contributed by atoms with Gasteiger partial charge in [0.2, 0.25) is 0 Å². The van der Waals surface area contributed by atoms with Crippen LogP contribution in [0.2, 0.25) is 0 Å². The zero-order valence-corrected chi connectivity index (χ0v) is 26.2. The molecule has 0 radical (unpaired) electrons. The molecule has 2 aromatic heterocycles. The molecule has 0 amide bonds. The maximum absolute atomic E-state index is 6.61. The second-order valence-electron chi connectivity index (χ2n) is 12.9. The van der Waals surface area contributed by atoms with Crippen molar-refractivity contribution in [3.05, 3.63) is 139 Å². The van der Waals surface area contributed by atoms with Gasteiger partial charge in [0, 0.05) is 49.4 Å². The van der Waals surface area contributed by atoms with Gasteiger partial charge >= 0.3 is 0 Å². The third-order valence-corrected chi connectivity index (χ3v) is 9.00. The Morgan fingerprint density at radius 1 is 0.600 bits per heavy atom. The molecule has 2 heterocycles. The van der Waals surface area contributed by atoms with E-state index in [9.17, 15) is 0 Å². The van der Waals surface area contributed by atoms with Crippen molar-refractivity contribution in [1.82, 2.24) is 4.57 Å². The van der Waals surface area contributed by atoms with Gasteiger partial charge in [-0.05, 0) is 86.8 Å². The summed E-state index contributed by atoms with van der Waals surface area (Å²) in [4.78, 5) is 2.38. The molecule has 8 aromatic rings. The lowest BCUT2D eigenvalue weighted by molar-refractivity contribution is 0.423. The van der Waals surface area contributed by atoms with Crippen LogP contribution < -0.4 is 4.90 Å². The predicted molar refractivity (Wildman–Crippen MR) is 191 cm³/mol. The number of hydrogen-bond donors (Lipinski definition) is 0. The summed E-state index contributed by atoms with van der Waals surface area (Å²) in [5.41, 5.74) is 11.1. The minimum atomic E-state index is -0.0485. The van der Waals surface area contributed by atoms with Gasteiger partial charge in [-0.2, -0.15) is 0 Å². The predicted octanol–water partition coefficient (Wildman–Crippen LogP) is 12.1. The van der Waals surface area contributed by atoms with E-state index >= 15 is 0 Å². The molecule has 3 nitrogen and oxygen atoms in total. The molecule has 0 saturated heterocycles. The van der Waals surface area contributed by atoms with Gasteiger partial charge in [0.25, 0.3) is 0 Å². The maximum Gasteiger partial charge on any atom is 0.159 e. The Bertz CT molecular complexity index is 2370. The van der Waals surface area contributed by atoms with E-state index in [1.165, 1.54) is 38.5 Å². The smallest absolute Gasteiger partial charge is 0.159 e. The number of fused-ring (bicyclic) bond motifs is 6. The van der Waals surface area contributed by atoms with Crippen LogP contribution in [-0.4, -0.2) is 4.57 Å². The summed E-state index contributed by atoms with van der Waals surface area (Å²) in [6.45, 7) is 9.05. The van der Waals surface area contributed by atoms with E-state index in [2.05, 4.69) is 165 Å². The highest BCUT2D eigenvalue weighted by Gasteiger charge is 2.24. The monoisotopic (exact) mass is 584 g/mol. The second kappa shape index (κ2) is 10.4. The molecule has 0 unspecified atom stereocenters. The Balaban J connectivity index is 1.40. The zero-order chi connectivity index (χ0) is 30.7. The number of rotatable bonds is 5. The van der Waals surface area contributed by atoms with E-state index < -0.39 is 0 Å². The molecule has 0 spiro atoms. The first kappa shape index (κ1) is 27.3. The van der Waals surface area contributed by atoms with Gasteiger partial charge in [0.15, 0.2) is 5.58 Å². The molecule has 0 aliphatic carbocycles. The van der Waals surface area contributed by atoms with Crippen LogP contribution in [0.5, 0.6) is 0 Å². The number of furan rings is 1. The summed E-state index contributed by atoms with van der Waals surface area (Å²) in [7, 11) is 0. The molecule has 8 rings (SSSR count). The summed E-state index contributed by atoms with van der Waals surface area (Å²) in [5.74, 6) is 0. The summed E-state index contributed by atoms with van der Waals surface area (Å²) in [6, 6.07) is 48.2. The fourth-order valence-electron chi connectivity index (χ4n) is 7.01. The fraction of sp³-hybridized carbons (Fsp3) is 0.143. The molecule has 3 heteroatoms. The number of aryl methyl sites for hydroxylation is 1. The third kappa shape index (κ3) is 4.42. The van der Waals surface area contributed by atoms with Gasteiger partial charge in [-0.1, -0.05) is 91.9 Å². The van der Waals surface area contributed by atoms with Crippen molar-refractivity contribution in [2.45, 2.75) is 39.7 Å². The number of anilines is 3. The molecule has 0 aliphatic rings. The first-order valence-corrected chi connectivity index (χ1v) is 15.8. The molecule has 0 aliphatic heterocycles. The Morgan fingerprint density at radius 2 is 1.29 bits per heavy atom. The van der Waals surface area contributed by atoms with Crippen molar-refractivity contribution in [3.63, 3.8) is 0 Å². The van der Waals surface area contributed by atoms with Gasteiger partial charge < -0.3 is 13.9 Å². The molecular weight excluding hydrogens is 548 g/mol. The SMILES string of the molecule is CCc1cccc(N(c2ccccc2-c2ccc3c(c2)c2ccccc2n3C(C)(C)C)c2cccc3c2oc2ccccc23)c1. The minimum absolute atomic E-state index is 0.0485. The van der Waals surface area contributed by atoms with Crippen LogP contribution in [-0.2, 0) is 12.0 Å². The van der Waals surface area contributed by atoms with Crippen molar-refractivity contribution in [2.24, 2.45) is 0 Å². The Morgan fingerprint density at radius 3 is 2.13 bits per heavy atom. The summed E-state index contributed by atoms with van der Waals surface area (Å²) >= 11 is 0. The van der Waals surface area contributed by atoms with E-state index in [-0.39, 0.29) is 5.54 Å². The van der Waals surface area contributed by atoms with Crippen LogP contribution in [0.25, 0.3) is 54.9 Å². The van der Waals surface area contributed by atoms with E-state index in [4.69, 9.17) is 4.42 Å². The second-order valence-corrected chi connectivity index (χ2v) is 12.9.